The molecule has 3 nitrogen and oxygen atoms in total. The maximum absolute atomic E-state index is 13.2. The molecule has 2 heterocycles. The number of aliphatic hydroxyl groups is 1. The Morgan fingerprint density at radius 3 is 2.89 bits per heavy atom. The highest BCUT2D eigenvalue weighted by molar-refractivity contribution is 5.38. The Hall–Kier alpha value is -1.13. The van der Waals surface area contributed by atoms with Crippen LogP contribution in [0, 0.1) is 5.82 Å². The Bertz CT molecular complexity index is 500. The van der Waals surface area contributed by atoms with Crippen LogP contribution >= 0.6 is 0 Å². The topological polar surface area (TPSA) is 38.7 Å². The molecular formula is C15H19FO3. The molecule has 1 N–H and O–H groups in total. The third kappa shape index (κ3) is 2.35. The molecule has 1 spiro atoms. The second kappa shape index (κ2) is 4.18. The summed E-state index contributed by atoms with van der Waals surface area (Å²) in [5.41, 5.74) is -0.100. The predicted octanol–water partition coefficient (Wildman–Crippen LogP) is 2.97. The maximum atomic E-state index is 13.2. The molecule has 1 aromatic rings. The van der Waals surface area contributed by atoms with E-state index < -0.39 is 11.7 Å². The van der Waals surface area contributed by atoms with Gasteiger partial charge in [-0.05, 0) is 32.0 Å². The second-order valence-corrected chi connectivity index (χ2v) is 6.22. The smallest absolute Gasteiger partial charge is 0.126 e. The predicted molar refractivity (Wildman–Crippen MR) is 68.6 cm³/mol. The zero-order valence-electron chi connectivity index (χ0n) is 11.3. The van der Waals surface area contributed by atoms with Gasteiger partial charge in [-0.25, -0.2) is 4.39 Å². The van der Waals surface area contributed by atoms with Crippen molar-refractivity contribution in [3.05, 3.63) is 29.6 Å². The summed E-state index contributed by atoms with van der Waals surface area (Å²) < 4.78 is 25.1. The van der Waals surface area contributed by atoms with Gasteiger partial charge in [0, 0.05) is 24.8 Å². The van der Waals surface area contributed by atoms with Gasteiger partial charge in [0.1, 0.15) is 17.2 Å². The monoisotopic (exact) mass is 266 g/mol. The van der Waals surface area contributed by atoms with Crippen molar-refractivity contribution in [1.29, 1.82) is 0 Å². The lowest BCUT2D eigenvalue weighted by Crippen LogP contribution is -2.51. The van der Waals surface area contributed by atoms with Crippen molar-refractivity contribution in [2.45, 2.75) is 50.4 Å². The molecular weight excluding hydrogens is 247 g/mol. The van der Waals surface area contributed by atoms with E-state index >= 15 is 0 Å². The Morgan fingerprint density at radius 2 is 2.16 bits per heavy atom. The van der Waals surface area contributed by atoms with Gasteiger partial charge in [0.15, 0.2) is 0 Å². The highest BCUT2D eigenvalue weighted by Crippen LogP contribution is 2.47. The van der Waals surface area contributed by atoms with Gasteiger partial charge in [-0.15, -0.1) is 0 Å². The van der Waals surface area contributed by atoms with Crippen LogP contribution in [0.25, 0.3) is 0 Å². The van der Waals surface area contributed by atoms with Crippen molar-refractivity contribution in [2.24, 2.45) is 0 Å². The van der Waals surface area contributed by atoms with Crippen LogP contribution in [0.2, 0.25) is 0 Å². The van der Waals surface area contributed by atoms with Crippen LogP contribution in [-0.4, -0.2) is 22.9 Å². The molecule has 19 heavy (non-hydrogen) atoms. The maximum Gasteiger partial charge on any atom is 0.126 e. The number of fused-ring (bicyclic) bond motifs is 1. The van der Waals surface area contributed by atoms with Crippen LogP contribution in [0.1, 0.15) is 44.8 Å². The summed E-state index contributed by atoms with van der Waals surface area (Å²) in [6.07, 6.45) is 1.31. The molecule has 0 aliphatic carbocycles. The molecule has 4 heteroatoms. The molecule has 1 saturated heterocycles. The summed E-state index contributed by atoms with van der Waals surface area (Å²) in [4.78, 5) is 0. The molecule has 2 atom stereocenters. The van der Waals surface area contributed by atoms with Crippen LogP contribution in [0.5, 0.6) is 5.75 Å². The Morgan fingerprint density at radius 1 is 1.37 bits per heavy atom. The van der Waals surface area contributed by atoms with Gasteiger partial charge in [0.25, 0.3) is 0 Å². The Labute approximate surface area is 112 Å². The molecule has 2 aliphatic heterocycles. The number of halogens is 1. The van der Waals surface area contributed by atoms with E-state index in [1.807, 2.05) is 13.8 Å². The Kier molecular flexibility index (Phi) is 2.84. The third-order valence-corrected chi connectivity index (χ3v) is 4.02. The van der Waals surface area contributed by atoms with E-state index in [0.29, 0.717) is 24.3 Å². The Balaban J connectivity index is 1.94. The molecule has 1 aromatic carbocycles. The minimum atomic E-state index is -0.673. The summed E-state index contributed by atoms with van der Waals surface area (Å²) in [5, 5.41) is 10.3. The van der Waals surface area contributed by atoms with Gasteiger partial charge in [0.2, 0.25) is 0 Å². The van der Waals surface area contributed by atoms with E-state index in [0.717, 1.165) is 12.8 Å². The number of aliphatic hydroxyl groups excluding tert-OH is 1. The van der Waals surface area contributed by atoms with Crippen molar-refractivity contribution in [3.63, 3.8) is 0 Å². The molecule has 0 saturated carbocycles. The van der Waals surface area contributed by atoms with E-state index in [1.165, 1.54) is 12.1 Å². The lowest BCUT2D eigenvalue weighted by Gasteiger charge is -2.48. The molecule has 1 fully saturated rings. The van der Waals surface area contributed by atoms with Crippen LogP contribution in [0.3, 0.4) is 0 Å². The highest BCUT2D eigenvalue weighted by Gasteiger charge is 2.47. The van der Waals surface area contributed by atoms with Crippen molar-refractivity contribution in [2.75, 3.05) is 6.61 Å². The van der Waals surface area contributed by atoms with Crippen molar-refractivity contribution < 1.29 is 19.0 Å². The quantitative estimate of drug-likeness (QED) is 0.784. The minimum absolute atomic E-state index is 0.254. The van der Waals surface area contributed by atoms with Crippen molar-refractivity contribution in [3.8, 4) is 5.75 Å². The normalized spacial score (nSPS) is 32.7. The molecule has 3 rings (SSSR count). The second-order valence-electron chi connectivity index (χ2n) is 6.22. The van der Waals surface area contributed by atoms with Gasteiger partial charge >= 0.3 is 0 Å². The van der Waals surface area contributed by atoms with Gasteiger partial charge in [-0.2, -0.15) is 0 Å². The molecule has 0 radical (unpaired) electrons. The fourth-order valence-corrected chi connectivity index (χ4v) is 3.30. The third-order valence-electron chi connectivity index (χ3n) is 4.02. The standard InChI is InChI=1S/C15H19FO3/c1-14(2)9-15(5-6-18-14)8-12(17)11-7-10(16)3-4-13(11)19-15/h3-4,7,12,17H,5-6,8-9H2,1-2H3. The lowest BCUT2D eigenvalue weighted by atomic mass is 9.77. The zero-order valence-corrected chi connectivity index (χ0v) is 11.3. The first-order valence-corrected chi connectivity index (χ1v) is 6.70. The van der Waals surface area contributed by atoms with E-state index in [-0.39, 0.29) is 11.4 Å². The fourth-order valence-electron chi connectivity index (χ4n) is 3.30. The molecule has 104 valence electrons. The average Bonchev–Trinajstić information content (AvgIpc) is 2.29. The molecule has 0 amide bonds. The van der Waals surface area contributed by atoms with Crippen molar-refractivity contribution >= 4 is 0 Å². The van der Waals surface area contributed by atoms with Crippen molar-refractivity contribution in [1.82, 2.24) is 0 Å². The average molecular weight is 266 g/mol. The minimum Gasteiger partial charge on any atom is -0.487 e. The number of hydrogen-bond donors (Lipinski definition) is 1. The van der Waals surface area contributed by atoms with Gasteiger partial charge < -0.3 is 14.6 Å². The summed E-state index contributed by atoms with van der Waals surface area (Å²) in [6.45, 7) is 4.68. The first-order chi connectivity index (χ1) is 8.89. The number of ether oxygens (including phenoxy) is 2. The van der Waals surface area contributed by atoms with Gasteiger partial charge in [-0.3, -0.25) is 0 Å². The summed E-state index contributed by atoms with van der Waals surface area (Å²) >= 11 is 0. The van der Waals surface area contributed by atoms with Crippen LogP contribution in [0.4, 0.5) is 4.39 Å². The van der Waals surface area contributed by atoms with Gasteiger partial charge in [-0.1, -0.05) is 0 Å². The largest absolute Gasteiger partial charge is 0.487 e. The number of benzene rings is 1. The first kappa shape index (κ1) is 12.9. The first-order valence-electron chi connectivity index (χ1n) is 6.70. The van der Waals surface area contributed by atoms with E-state index in [2.05, 4.69) is 0 Å². The van der Waals surface area contributed by atoms with E-state index in [1.54, 1.807) is 6.07 Å². The molecule has 0 aromatic heterocycles. The number of hydrogen-bond acceptors (Lipinski definition) is 3. The highest BCUT2D eigenvalue weighted by atomic mass is 19.1. The zero-order chi connectivity index (χ0) is 13.7. The fraction of sp³-hybridized carbons (Fsp3) is 0.600. The summed E-state index contributed by atoms with van der Waals surface area (Å²) in [5.74, 6) is 0.252. The molecule has 2 aliphatic rings. The van der Waals surface area contributed by atoms with E-state index in [9.17, 15) is 9.50 Å². The van der Waals surface area contributed by atoms with E-state index in [4.69, 9.17) is 9.47 Å². The lowest BCUT2D eigenvalue weighted by molar-refractivity contribution is -0.151. The van der Waals surface area contributed by atoms with Crippen LogP contribution < -0.4 is 4.74 Å². The summed E-state index contributed by atoms with van der Waals surface area (Å²) in [7, 11) is 0. The van der Waals surface area contributed by atoms with Crippen LogP contribution in [-0.2, 0) is 4.74 Å². The number of rotatable bonds is 0. The summed E-state index contributed by atoms with van der Waals surface area (Å²) in [6, 6.07) is 4.34. The SMILES string of the molecule is CC1(C)CC2(CCO1)CC(O)c1cc(F)ccc1O2. The molecule has 2 unspecified atom stereocenters. The van der Waals surface area contributed by atoms with Gasteiger partial charge in [0.05, 0.1) is 18.3 Å². The van der Waals surface area contributed by atoms with Crippen LogP contribution in [0.15, 0.2) is 18.2 Å². The molecule has 0 bridgehead atoms.